The Morgan fingerprint density at radius 2 is 1.62 bits per heavy atom. The summed E-state index contributed by atoms with van der Waals surface area (Å²) in [7, 11) is 0. The van der Waals surface area contributed by atoms with Gasteiger partial charge in [-0.05, 0) is 56.4 Å². The van der Waals surface area contributed by atoms with Crippen molar-refractivity contribution in [2.45, 2.75) is 65.1 Å². The largest absolute Gasteiger partial charge is 0.478 e. The van der Waals surface area contributed by atoms with Crippen molar-refractivity contribution in [3.05, 3.63) is 82.0 Å². The second-order valence-corrected chi connectivity index (χ2v) is 8.37. The first-order valence-corrected chi connectivity index (χ1v) is 11.0. The van der Waals surface area contributed by atoms with Crippen LogP contribution < -0.4 is 10.4 Å². The number of carboxylic acid groups (broad SMARTS) is 1. The van der Waals surface area contributed by atoms with Gasteiger partial charge in [-0.3, -0.25) is 4.57 Å². The number of carbonyl (C=O) groups is 1. The lowest BCUT2D eigenvalue weighted by Gasteiger charge is -2.21. The Hall–Kier alpha value is -3.35. The number of nitrogens with zero attached hydrogens (tertiary/aromatic N) is 3. The minimum Gasteiger partial charge on any atom is -0.478 e. The molecule has 0 bridgehead atoms. The van der Waals surface area contributed by atoms with E-state index in [1.54, 1.807) is 21.4 Å². The van der Waals surface area contributed by atoms with Crippen LogP contribution in [0.2, 0.25) is 0 Å². The first-order chi connectivity index (χ1) is 15.3. The fourth-order valence-electron chi connectivity index (χ4n) is 3.46. The van der Waals surface area contributed by atoms with Crippen LogP contribution >= 0.6 is 0 Å². The van der Waals surface area contributed by atoms with E-state index in [-0.39, 0.29) is 5.69 Å². The summed E-state index contributed by atoms with van der Waals surface area (Å²) in [6.45, 7) is 6.29. The van der Waals surface area contributed by atoms with Gasteiger partial charge in [-0.1, -0.05) is 49.4 Å². The number of carboxylic acids is 1. The van der Waals surface area contributed by atoms with E-state index in [1.807, 2.05) is 30.3 Å². The highest BCUT2D eigenvalue weighted by Crippen LogP contribution is 2.20. The number of aliphatic carboxylic acids is 1. The van der Waals surface area contributed by atoms with Crippen LogP contribution in [0.15, 0.2) is 59.4 Å². The van der Waals surface area contributed by atoms with Crippen LogP contribution in [-0.2, 0) is 37.1 Å². The molecule has 0 aliphatic rings. The van der Waals surface area contributed by atoms with E-state index in [4.69, 9.17) is 4.74 Å². The number of hydrogen-bond donors (Lipinski definition) is 1. The molecule has 0 saturated carbocycles. The molecule has 1 heterocycles. The van der Waals surface area contributed by atoms with Crippen molar-refractivity contribution in [3.63, 3.8) is 0 Å². The third-order valence-corrected chi connectivity index (χ3v) is 5.35. The van der Waals surface area contributed by atoms with E-state index in [9.17, 15) is 14.7 Å². The number of aromatic nitrogens is 3. The standard InChI is InChI=1S/C25H31N3O4/c1-4-17-27-22(26-28(24(27)31)18-16-19-8-6-5-7-9-19)15-12-20-10-13-21(14-11-20)32-25(2,3)23(29)30/h5-11,13-14H,4,12,15-18H2,1-3H3,(H,29,30). The van der Waals surface area contributed by atoms with Gasteiger partial charge in [-0.2, -0.15) is 5.10 Å². The zero-order valence-corrected chi connectivity index (χ0v) is 19.0. The van der Waals surface area contributed by atoms with Crippen molar-refractivity contribution in [2.75, 3.05) is 0 Å². The van der Waals surface area contributed by atoms with Crippen LogP contribution in [0, 0.1) is 0 Å². The quantitative estimate of drug-likeness (QED) is 0.494. The van der Waals surface area contributed by atoms with Crippen molar-refractivity contribution in [1.29, 1.82) is 0 Å². The zero-order chi connectivity index (χ0) is 23.1. The highest BCUT2D eigenvalue weighted by molar-refractivity contribution is 5.76. The van der Waals surface area contributed by atoms with Gasteiger partial charge in [0.25, 0.3) is 0 Å². The molecule has 32 heavy (non-hydrogen) atoms. The third kappa shape index (κ3) is 5.87. The molecular weight excluding hydrogens is 406 g/mol. The predicted octanol–water partition coefficient (Wildman–Crippen LogP) is 3.72. The van der Waals surface area contributed by atoms with Crippen molar-refractivity contribution < 1.29 is 14.6 Å². The Morgan fingerprint density at radius 1 is 0.969 bits per heavy atom. The molecule has 0 aliphatic heterocycles. The molecule has 0 radical (unpaired) electrons. The second-order valence-electron chi connectivity index (χ2n) is 8.37. The predicted molar refractivity (Wildman–Crippen MR) is 123 cm³/mol. The van der Waals surface area contributed by atoms with Crippen LogP contribution in [0.4, 0.5) is 0 Å². The number of aryl methyl sites for hydroxylation is 4. The smallest absolute Gasteiger partial charge is 0.347 e. The Kier molecular flexibility index (Phi) is 7.51. The highest BCUT2D eigenvalue weighted by atomic mass is 16.5. The molecule has 3 rings (SSSR count). The first-order valence-electron chi connectivity index (χ1n) is 11.0. The van der Waals surface area contributed by atoms with Gasteiger partial charge in [0.1, 0.15) is 11.6 Å². The van der Waals surface area contributed by atoms with E-state index < -0.39 is 11.6 Å². The van der Waals surface area contributed by atoms with Crippen molar-refractivity contribution in [1.82, 2.24) is 14.3 Å². The van der Waals surface area contributed by atoms with Gasteiger partial charge in [0.15, 0.2) is 5.60 Å². The van der Waals surface area contributed by atoms with Gasteiger partial charge in [-0.25, -0.2) is 14.3 Å². The Bertz CT molecular complexity index is 1080. The first kappa shape index (κ1) is 23.3. The molecule has 7 nitrogen and oxygen atoms in total. The Morgan fingerprint density at radius 3 is 2.25 bits per heavy atom. The van der Waals surface area contributed by atoms with Crippen LogP contribution in [0.1, 0.15) is 44.1 Å². The minimum atomic E-state index is -1.29. The van der Waals surface area contributed by atoms with Crippen LogP contribution in [0.25, 0.3) is 0 Å². The normalized spacial score (nSPS) is 11.5. The number of rotatable bonds is 11. The van der Waals surface area contributed by atoms with Crippen LogP contribution in [0.5, 0.6) is 5.75 Å². The molecule has 0 atom stereocenters. The minimum absolute atomic E-state index is 0.0579. The monoisotopic (exact) mass is 437 g/mol. The van der Waals surface area contributed by atoms with Gasteiger partial charge < -0.3 is 9.84 Å². The lowest BCUT2D eigenvalue weighted by Crippen LogP contribution is -2.37. The topological polar surface area (TPSA) is 86.3 Å². The molecular formula is C25H31N3O4. The number of ether oxygens (including phenoxy) is 1. The molecule has 170 valence electrons. The maximum Gasteiger partial charge on any atom is 0.347 e. The summed E-state index contributed by atoms with van der Waals surface area (Å²) < 4.78 is 8.90. The molecule has 2 aromatic carbocycles. The average Bonchev–Trinajstić information content (AvgIpc) is 3.07. The summed E-state index contributed by atoms with van der Waals surface area (Å²) in [6, 6.07) is 17.5. The molecule has 0 saturated heterocycles. The van der Waals surface area contributed by atoms with E-state index >= 15 is 0 Å². The van der Waals surface area contributed by atoms with Gasteiger partial charge in [0, 0.05) is 13.0 Å². The Balaban J connectivity index is 1.67. The average molecular weight is 438 g/mol. The van der Waals surface area contributed by atoms with E-state index in [0.717, 1.165) is 30.7 Å². The van der Waals surface area contributed by atoms with E-state index in [1.165, 1.54) is 19.4 Å². The summed E-state index contributed by atoms with van der Waals surface area (Å²) in [6.07, 6.45) is 3.00. The molecule has 7 heteroatoms. The molecule has 1 N–H and O–H groups in total. The fraction of sp³-hybridized carbons (Fsp3) is 0.400. The summed E-state index contributed by atoms with van der Waals surface area (Å²) in [4.78, 5) is 24.1. The molecule has 3 aromatic rings. The van der Waals surface area contributed by atoms with Crippen LogP contribution in [-0.4, -0.2) is 31.0 Å². The zero-order valence-electron chi connectivity index (χ0n) is 19.0. The Labute approximate surface area is 188 Å². The van der Waals surface area contributed by atoms with Crippen molar-refractivity contribution >= 4 is 5.97 Å². The summed E-state index contributed by atoms with van der Waals surface area (Å²) in [5, 5.41) is 13.8. The fourth-order valence-corrected chi connectivity index (χ4v) is 3.46. The highest BCUT2D eigenvalue weighted by Gasteiger charge is 2.29. The van der Waals surface area contributed by atoms with Crippen LogP contribution in [0.3, 0.4) is 0 Å². The maximum atomic E-state index is 12.8. The van der Waals surface area contributed by atoms with Gasteiger partial charge in [0.05, 0.1) is 6.54 Å². The molecule has 0 amide bonds. The third-order valence-electron chi connectivity index (χ3n) is 5.35. The SMILES string of the molecule is CCCn1c(CCc2ccc(OC(C)(C)C(=O)O)cc2)nn(CCc2ccccc2)c1=O. The number of benzene rings is 2. The molecule has 0 spiro atoms. The summed E-state index contributed by atoms with van der Waals surface area (Å²) in [5.74, 6) is 0.282. The summed E-state index contributed by atoms with van der Waals surface area (Å²) >= 11 is 0. The second kappa shape index (κ2) is 10.3. The molecule has 0 unspecified atom stereocenters. The molecule has 0 fully saturated rings. The van der Waals surface area contributed by atoms with Crippen molar-refractivity contribution in [2.24, 2.45) is 0 Å². The maximum absolute atomic E-state index is 12.8. The lowest BCUT2D eigenvalue weighted by atomic mass is 10.1. The number of hydrogen-bond acceptors (Lipinski definition) is 4. The van der Waals surface area contributed by atoms with E-state index in [2.05, 4.69) is 24.2 Å². The lowest BCUT2D eigenvalue weighted by molar-refractivity contribution is -0.152. The van der Waals surface area contributed by atoms with Gasteiger partial charge in [-0.15, -0.1) is 0 Å². The molecule has 1 aromatic heterocycles. The van der Waals surface area contributed by atoms with Gasteiger partial charge >= 0.3 is 11.7 Å². The molecule has 0 aliphatic carbocycles. The van der Waals surface area contributed by atoms with Crippen molar-refractivity contribution in [3.8, 4) is 5.75 Å². The summed E-state index contributed by atoms with van der Waals surface area (Å²) in [5.41, 5.74) is 0.904. The van der Waals surface area contributed by atoms with E-state index in [0.29, 0.717) is 25.3 Å². The van der Waals surface area contributed by atoms with Gasteiger partial charge in [0.2, 0.25) is 0 Å².